The zero-order valence-corrected chi connectivity index (χ0v) is 10.8. The lowest BCUT2D eigenvalue weighted by molar-refractivity contribution is 0.0639. The number of carbonyl (C=O) groups is 3. The van der Waals surface area contributed by atoms with Crippen LogP contribution in [0.4, 0.5) is 0 Å². The molecule has 6 heteroatoms. The Bertz CT molecular complexity index is 735. The van der Waals surface area contributed by atoms with Crippen molar-refractivity contribution in [2.45, 2.75) is 6.54 Å². The van der Waals surface area contributed by atoms with Gasteiger partial charge in [0, 0.05) is 6.20 Å². The van der Waals surface area contributed by atoms with Gasteiger partial charge in [0.15, 0.2) is 0 Å². The second-order valence-corrected chi connectivity index (χ2v) is 4.58. The van der Waals surface area contributed by atoms with Gasteiger partial charge >= 0.3 is 5.97 Å². The number of amides is 2. The molecule has 0 fully saturated rings. The van der Waals surface area contributed by atoms with Crippen LogP contribution in [0.5, 0.6) is 0 Å². The highest BCUT2D eigenvalue weighted by Gasteiger charge is 2.35. The third-order valence-electron chi connectivity index (χ3n) is 3.26. The van der Waals surface area contributed by atoms with Crippen LogP contribution in [0.1, 0.15) is 36.8 Å². The number of benzene rings is 1. The fourth-order valence-electron chi connectivity index (χ4n) is 2.24. The first-order valence-corrected chi connectivity index (χ1v) is 6.21. The van der Waals surface area contributed by atoms with Crippen LogP contribution >= 0.6 is 0 Å². The summed E-state index contributed by atoms with van der Waals surface area (Å²) in [5, 5.41) is 8.94. The smallest absolute Gasteiger partial charge is 0.335 e. The maximum absolute atomic E-state index is 12.2. The number of carboxylic acid groups (broad SMARTS) is 1. The molecular weight excluding hydrogens is 272 g/mol. The third kappa shape index (κ3) is 2.16. The predicted molar refractivity (Wildman–Crippen MR) is 71.8 cm³/mol. The van der Waals surface area contributed by atoms with E-state index in [0.29, 0.717) is 16.8 Å². The first-order valence-electron chi connectivity index (χ1n) is 6.21. The van der Waals surface area contributed by atoms with Gasteiger partial charge in [0.05, 0.1) is 28.9 Å². The van der Waals surface area contributed by atoms with Gasteiger partial charge in [-0.3, -0.25) is 19.5 Å². The highest BCUT2D eigenvalue weighted by atomic mass is 16.4. The van der Waals surface area contributed by atoms with Crippen molar-refractivity contribution in [1.82, 2.24) is 9.88 Å². The molecule has 2 amide bonds. The molecule has 21 heavy (non-hydrogen) atoms. The molecule has 0 aliphatic carbocycles. The van der Waals surface area contributed by atoms with Gasteiger partial charge < -0.3 is 5.11 Å². The minimum absolute atomic E-state index is 0.0481. The molecule has 0 saturated heterocycles. The molecule has 6 nitrogen and oxygen atoms in total. The summed E-state index contributed by atoms with van der Waals surface area (Å²) in [6.45, 7) is -0.0481. The van der Waals surface area contributed by atoms with E-state index in [1.807, 2.05) is 0 Å². The second-order valence-electron chi connectivity index (χ2n) is 4.58. The van der Waals surface area contributed by atoms with Gasteiger partial charge in [-0.25, -0.2) is 4.79 Å². The van der Waals surface area contributed by atoms with Crippen LogP contribution in [-0.2, 0) is 6.54 Å². The highest BCUT2D eigenvalue weighted by molar-refractivity contribution is 6.21. The normalized spacial score (nSPS) is 13.4. The first-order chi connectivity index (χ1) is 10.1. The van der Waals surface area contributed by atoms with Gasteiger partial charge in [-0.15, -0.1) is 0 Å². The SMILES string of the molecule is O=C(O)c1ccnc(CN2C(=O)c3ccccc3C2=O)c1. The number of carbonyl (C=O) groups excluding carboxylic acids is 2. The summed E-state index contributed by atoms with van der Waals surface area (Å²) in [4.78, 5) is 40.4. The van der Waals surface area contributed by atoms with Crippen LogP contribution in [0.25, 0.3) is 0 Å². The molecule has 1 aromatic carbocycles. The Morgan fingerprint density at radius 2 is 1.71 bits per heavy atom. The Hall–Kier alpha value is -3.02. The van der Waals surface area contributed by atoms with Crippen LogP contribution in [0.3, 0.4) is 0 Å². The summed E-state index contributed by atoms with van der Waals surface area (Å²) in [6.07, 6.45) is 1.34. The number of pyridine rings is 1. The third-order valence-corrected chi connectivity index (χ3v) is 3.26. The monoisotopic (exact) mass is 282 g/mol. The molecule has 0 unspecified atom stereocenters. The van der Waals surface area contributed by atoms with Gasteiger partial charge in [-0.05, 0) is 24.3 Å². The Kier molecular flexibility index (Phi) is 2.98. The first kappa shape index (κ1) is 13.0. The minimum Gasteiger partial charge on any atom is -0.478 e. The van der Waals surface area contributed by atoms with Crippen LogP contribution in [0, 0.1) is 0 Å². The van der Waals surface area contributed by atoms with Crippen molar-refractivity contribution in [2.75, 3.05) is 0 Å². The van der Waals surface area contributed by atoms with Gasteiger partial charge in [0.25, 0.3) is 11.8 Å². The van der Waals surface area contributed by atoms with Crippen molar-refractivity contribution in [1.29, 1.82) is 0 Å². The van der Waals surface area contributed by atoms with Crippen molar-refractivity contribution in [3.63, 3.8) is 0 Å². The molecule has 0 bridgehead atoms. The van der Waals surface area contributed by atoms with Crippen molar-refractivity contribution in [3.8, 4) is 0 Å². The van der Waals surface area contributed by atoms with E-state index in [1.54, 1.807) is 24.3 Å². The number of hydrogen-bond donors (Lipinski definition) is 1. The lowest BCUT2D eigenvalue weighted by Crippen LogP contribution is -2.29. The number of nitrogens with zero attached hydrogens (tertiary/aromatic N) is 2. The van der Waals surface area contributed by atoms with Gasteiger partial charge in [0.1, 0.15) is 0 Å². The molecule has 1 N–H and O–H groups in total. The van der Waals surface area contributed by atoms with Gasteiger partial charge in [0.2, 0.25) is 0 Å². The molecule has 0 atom stereocenters. The Balaban J connectivity index is 1.90. The average Bonchev–Trinajstić information content (AvgIpc) is 2.73. The number of aromatic carboxylic acids is 1. The molecule has 1 aliphatic rings. The van der Waals surface area contributed by atoms with Crippen LogP contribution < -0.4 is 0 Å². The summed E-state index contributed by atoms with van der Waals surface area (Å²) < 4.78 is 0. The maximum atomic E-state index is 12.2. The fraction of sp³-hybridized carbons (Fsp3) is 0.0667. The predicted octanol–water partition coefficient (Wildman–Crippen LogP) is 1.58. The Morgan fingerprint density at radius 3 is 2.29 bits per heavy atom. The van der Waals surface area contributed by atoms with E-state index in [0.717, 1.165) is 4.90 Å². The summed E-state index contributed by atoms with van der Waals surface area (Å²) in [5.41, 5.74) is 1.13. The number of imide groups is 1. The van der Waals surface area contributed by atoms with Crippen LogP contribution in [0.2, 0.25) is 0 Å². The highest BCUT2D eigenvalue weighted by Crippen LogP contribution is 2.23. The van der Waals surface area contributed by atoms with E-state index < -0.39 is 17.8 Å². The Labute approximate surface area is 119 Å². The quantitative estimate of drug-likeness (QED) is 0.863. The molecule has 1 aliphatic heterocycles. The van der Waals surface area contributed by atoms with Crippen molar-refractivity contribution in [2.24, 2.45) is 0 Å². The van der Waals surface area contributed by atoms with E-state index in [1.165, 1.54) is 18.3 Å². The summed E-state index contributed by atoms with van der Waals surface area (Å²) in [5.74, 6) is -1.86. The average molecular weight is 282 g/mol. The van der Waals surface area contributed by atoms with E-state index >= 15 is 0 Å². The molecule has 2 heterocycles. The van der Waals surface area contributed by atoms with Gasteiger partial charge in [-0.2, -0.15) is 0 Å². The largest absolute Gasteiger partial charge is 0.478 e. The second kappa shape index (κ2) is 4.82. The zero-order valence-electron chi connectivity index (χ0n) is 10.8. The lowest BCUT2D eigenvalue weighted by atomic mass is 10.1. The molecule has 0 radical (unpaired) electrons. The van der Waals surface area contributed by atoms with Crippen LogP contribution in [-0.4, -0.2) is 32.8 Å². The number of hydrogen-bond acceptors (Lipinski definition) is 4. The van der Waals surface area contributed by atoms with E-state index in [4.69, 9.17) is 5.11 Å². The molecule has 0 spiro atoms. The fourth-order valence-corrected chi connectivity index (χ4v) is 2.24. The number of rotatable bonds is 3. The van der Waals surface area contributed by atoms with E-state index in [9.17, 15) is 14.4 Å². The number of fused-ring (bicyclic) bond motifs is 1. The standard InChI is InChI=1S/C15H10N2O4/c18-13-11-3-1-2-4-12(11)14(19)17(13)8-10-7-9(15(20)21)5-6-16-10/h1-7H,8H2,(H,20,21). The molecular formula is C15H10N2O4. The summed E-state index contributed by atoms with van der Waals surface area (Å²) in [6, 6.07) is 9.28. The number of aromatic nitrogens is 1. The molecule has 3 rings (SSSR count). The summed E-state index contributed by atoms with van der Waals surface area (Å²) >= 11 is 0. The van der Waals surface area contributed by atoms with E-state index in [-0.39, 0.29) is 12.1 Å². The van der Waals surface area contributed by atoms with Crippen molar-refractivity contribution < 1.29 is 19.5 Å². The molecule has 2 aromatic rings. The molecule has 1 aromatic heterocycles. The number of carboxylic acids is 1. The molecule has 0 saturated carbocycles. The topological polar surface area (TPSA) is 87.6 Å². The molecule has 104 valence electrons. The minimum atomic E-state index is -1.08. The van der Waals surface area contributed by atoms with Gasteiger partial charge in [-0.1, -0.05) is 12.1 Å². The summed E-state index contributed by atoms with van der Waals surface area (Å²) in [7, 11) is 0. The Morgan fingerprint density at radius 1 is 1.10 bits per heavy atom. The lowest BCUT2D eigenvalue weighted by Gasteiger charge is -2.13. The van der Waals surface area contributed by atoms with E-state index in [2.05, 4.69) is 4.98 Å². The van der Waals surface area contributed by atoms with Crippen LogP contribution in [0.15, 0.2) is 42.6 Å². The maximum Gasteiger partial charge on any atom is 0.335 e. The zero-order chi connectivity index (χ0) is 15.0. The van der Waals surface area contributed by atoms with Crippen molar-refractivity contribution >= 4 is 17.8 Å². The van der Waals surface area contributed by atoms with Crippen molar-refractivity contribution in [3.05, 3.63) is 65.0 Å².